The zero-order valence-electron chi connectivity index (χ0n) is 10.5. The van der Waals surface area contributed by atoms with E-state index in [0.717, 1.165) is 4.90 Å². The predicted octanol–water partition coefficient (Wildman–Crippen LogP) is -0.517. The summed E-state index contributed by atoms with van der Waals surface area (Å²) in [5, 5.41) is 13.6. The van der Waals surface area contributed by atoms with E-state index in [1.165, 1.54) is 14.1 Å². The lowest BCUT2D eigenvalue weighted by molar-refractivity contribution is -0.140. The number of carbonyl (C=O) groups is 3. The molecule has 1 atom stereocenters. The molecule has 0 saturated heterocycles. The maximum absolute atomic E-state index is 11.6. The summed E-state index contributed by atoms with van der Waals surface area (Å²) in [5.74, 6) is -1.65. The normalized spacial score (nSPS) is 11.8. The van der Waals surface area contributed by atoms with Crippen LogP contribution in [0.15, 0.2) is 0 Å². The van der Waals surface area contributed by atoms with Crippen LogP contribution in [0.4, 0.5) is 4.79 Å². The second kappa shape index (κ2) is 6.72. The van der Waals surface area contributed by atoms with Gasteiger partial charge in [-0.15, -0.1) is 0 Å². The van der Waals surface area contributed by atoms with Crippen LogP contribution in [0, 0.1) is 5.92 Å². The van der Waals surface area contributed by atoms with Gasteiger partial charge in [0.2, 0.25) is 5.91 Å². The molecule has 0 radical (unpaired) electrons. The zero-order valence-corrected chi connectivity index (χ0v) is 10.5. The summed E-state index contributed by atoms with van der Waals surface area (Å²) in [6, 6.07) is -1.55. The molecule has 0 aromatic heterocycles. The van der Waals surface area contributed by atoms with Gasteiger partial charge in [0.25, 0.3) is 0 Å². The van der Waals surface area contributed by atoms with E-state index in [0.29, 0.717) is 0 Å². The molecule has 0 bridgehead atoms. The van der Waals surface area contributed by atoms with Crippen molar-refractivity contribution in [2.24, 2.45) is 5.92 Å². The smallest absolute Gasteiger partial charge is 0.326 e. The van der Waals surface area contributed by atoms with E-state index in [9.17, 15) is 14.4 Å². The molecule has 0 spiro atoms. The summed E-state index contributed by atoms with van der Waals surface area (Å²) in [7, 11) is 2.88. The Morgan fingerprint density at radius 1 is 1.29 bits per heavy atom. The maximum Gasteiger partial charge on any atom is 0.326 e. The lowest BCUT2D eigenvalue weighted by Crippen LogP contribution is -2.50. The van der Waals surface area contributed by atoms with Gasteiger partial charge in [-0.25, -0.2) is 9.59 Å². The Kier molecular flexibility index (Phi) is 6.01. The van der Waals surface area contributed by atoms with Crippen molar-refractivity contribution >= 4 is 17.9 Å². The summed E-state index contributed by atoms with van der Waals surface area (Å²) >= 11 is 0. The highest BCUT2D eigenvalue weighted by Crippen LogP contribution is 2.02. The standard InChI is InChI=1S/C10H19N3O4/c1-6(2)8(9(15)16)12-10(17)13(4)5-7(14)11-3/h6,8H,5H2,1-4H3,(H,11,14)(H,12,17)(H,15,16)/t8-/m1/s1. The monoisotopic (exact) mass is 245 g/mol. The van der Waals surface area contributed by atoms with Gasteiger partial charge in [-0.3, -0.25) is 4.79 Å². The van der Waals surface area contributed by atoms with Gasteiger partial charge in [0.1, 0.15) is 12.6 Å². The highest BCUT2D eigenvalue weighted by atomic mass is 16.4. The van der Waals surface area contributed by atoms with Crippen molar-refractivity contribution in [2.45, 2.75) is 19.9 Å². The molecule has 0 aromatic carbocycles. The van der Waals surface area contributed by atoms with Crippen molar-refractivity contribution in [1.82, 2.24) is 15.5 Å². The Hall–Kier alpha value is -1.79. The first-order valence-corrected chi connectivity index (χ1v) is 5.24. The minimum atomic E-state index is -1.10. The van der Waals surface area contributed by atoms with Crippen LogP contribution in [0.5, 0.6) is 0 Å². The van der Waals surface area contributed by atoms with Crippen molar-refractivity contribution in [3.8, 4) is 0 Å². The number of amides is 3. The Bertz CT molecular complexity index is 304. The van der Waals surface area contributed by atoms with Crippen LogP contribution >= 0.6 is 0 Å². The van der Waals surface area contributed by atoms with Gasteiger partial charge < -0.3 is 20.6 Å². The van der Waals surface area contributed by atoms with Crippen molar-refractivity contribution in [1.29, 1.82) is 0 Å². The molecule has 0 aliphatic carbocycles. The largest absolute Gasteiger partial charge is 0.480 e. The van der Waals surface area contributed by atoms with E-state index in [1.807, 2.05) is 0 Å². The van der Waals surface area contributed by atoms with Crippen LogP contribution in [0.1, 0.15) is 13.8 Å². The van der Waals surface area contributed by atoms with Gasteiger partial charge in [0.05, 0.1) is 0 Å². The SMILES string of the molecule is CNC(=O)CN(C)C(=O)N[C@@H](C(=O)O)C(C)C. The Labute approximate surface area is 100 Å². The number of hydrogen-bond donors (Lipinski definition) is 3. The van der Waals surface area contributed by atoms with E-state index in [2.05, 4.69) is 10.6 Å². The van der Waals surface area contributed by atoms with Crippen LogP contribution in [0.3, 0.4) is 0 Å². The minimum absolute atomic E-state index is 0.118. The molecule has 0 aromatic rings. The van der Waals surface area contributed by atoms with Gasteiger partial charge in [-0.2, -0.15) is 0 Å². The highest BCUT2D eigenvalue weighted by Gasteiger charge is 2.25. The van der Waals surface area contributed by atoms with Gasteiger partial charge in [-0.05, 0) is 5.92 Å². The lowest BCUT2D eigenvalue weighted by atomic mass is 10.1. The molecule has 0 rings (SSSR count). The Balaban J connectivity index is 4.41. The number of carbonyl (C=O) groups excluding carboxylic acids is 2. The Morgan fingerprint density at radius 3 is 2.18 bits per heavy atom. The predicted molar refractivity (Wildman–Crippen MR) is 61.5 cm³/mol. The highest BCUT2D eigenvalue weighted by molar-refractivity contribution is 5.86. The van der Waals surface area contributed by atoms with Crippen LogP contribution in [0.25, 0.3) is 0 Å². The van der Waals surface area contributed by atoms with E-state index < -0.39 is 18.0 Å². The molecular formula is C10H19N3O4. The first-order valence-electron chi connectivity index (χ1n) is 5.24. The third-order valence-corrected chi connectivity index (χ3v) is 2.22. The molecule has 3 N–H and O–H groups in total. The van der Waals surface area contributed by atoms with Crippen molar-refractivity contribution < 1.29 is 19.5 Å². The number of urea groups is 1. The second-order valence-electron chi connectivity index (χ2n) is 4.04. The molecule has 0 aliphatic heterocycles. The molecule has 7 nitrogen and oxygen atoms in total. The van der Waals surface area contributed by atoms with Crippen molar-refractivity contribution in [3.05, 3.63) is 0 Å². The molecule has 0 aliphatic rings. The number of rotatable bonds is 5. The number of carboxylic acids is 1. The molecule has 7 heteroatoms. The number of aliphatic carboxylic acids is 1. The minimum Gasteiger partial charge on any atom is -0.480 e. The average Bonchev–Trinajstić information content (AvgIpc) is 2.23. The maximum atomic E-state index is 11.6. The summed E-state index contributed by atoms with van der Waals surface area (Å²) in [6.45, 7) is 3.27. The Morgan fingerprint density at radius 2 is 1.82 bits per heavy atom. The third kappa shape index (κ3) is 5.19. The quantitative estimate of drug-likeness (QED) is 0.607. The van der Waals surface area contributed by atoms with Gasteiger partial charge in [0, 0.05) is 14.1 Å². The summed E-state index contributed by atoms with van der Waals surface area (Å²) in [5.41, 5.74) is 0. The molecule has 0 unspecified atom stereocenters. The first-order chi connectivity index (χ1) is 7.79. The fourth-order valence-electron chi connectivity index (χ4n) is 1.12. The van der Waals surface area contributed by atoms with Crippen LogP contribution in [0.2, 0.25) is 0 Å². The number of carboxylic acid groups (broad SMARTS) is 1. The molecule has 17 heavy (non-hydrogen) atoms. The fraction of sp³-hybridized carbons (Fsp3) is 0.700. The molecule has 3 amide bonds. The number of nitrogens with zero attached hydrogens (tertiary/aromatic N) is 1. The van der Waals surface area contributed by atoms with Crippen molar-refractivity contribution in [3.63, 3.8) is 0 Å². The molecule has 0 heterocycles. The second-order valence-corrected chi connectivity index (χ2v) is 4.04. The van der Waals surface area contributed by atoms with E-state index in [1.54, 1.807) is 13.8 Å². The van der Waals surface area contributed by atoms with E-state index >= 15 is 0 Å². The van der Waals surface area contributed by atoms with Gasteiger partial charge in [-0.1, -0.05) is 13.8 Å². The topological polar surface area (TPSA) is 98.7 Å². The fourth-order valence-corrected chi connectivity index (χ4v) is 1.12. The molecule has 0 fully saturated rings. The average molecular weight is 245 g/mol. The summed E-state index contributed by atoms with van der Waals surface area (Å²) in [4.78, 5) is 34.6. The van der Waals surface area contributed by atoms with Crippen LogP contribution in [-0.2, 0) is 9.59 Å². The number of hydrogen-bond acceptors (Lipinski definition) is 3. The third-order valence-electron chi connectivity index (χ3n) is 2.22. The lowest BCUT2D eigenvalue weighted by Gasteiger charge is -2.22. The molecular weight excluding hydrogens is 226 g/mol. The summed E-state index contributed by atoms with van der Waals surface area (Å²) in [6.07, 6.45) is 0. The number of nitrogens with one attached hydrogen (secondary N) is 2. The van der Waals surface area contributed by atoms with Gasteiger partial charge >= 0.3 is 12.0 Å². The van der Waals surface area contributed by atoms with E-state index in [4.69, 9.17) is 5.11 Å². The molecule has 98 valence electrons. The van der Waals surface area contributed by atoms with Gasteiger partial charge in [0.15, 0.2) is 0 Å². The molecule has 0 saturated carbocycles. The van der Waals surface area contributed by atoms with Crippen LogP contribution in [-0.4, -0.2) is 54.6 Å². The van der Waals surface area contributed by atoms with Crippen molar-refractivity contribution in [2.75, 3.05) is 20.6 Å². The summed E-state index contributed by atoms with van der Waals surface area (Å²) < 4.78 is 0. The number of likely N-dealkylation sites (N-methyl/N-ethyl adjacent to an activating group) is 2. The first kappa shape index (κ1) is 15.2. The van der Waals surface area contributed by atoms with Crippen LogP contribution < -0.4 is 10.6 Å². The zero-order chi connectivity index (χ0) is 13.6. The van der Waals surface area contributed by atoms with E-state index in [-0.39, 0.29) is 18.4 Å².